The van der Waals surface area contributed by atoms with Gasteiger partial charge in [0.2, 0.25) is 15.9 Å². The lowest BCUT2D eigenvalue weighted by molar-refractivity contribution is -0.116. The van der Waals surface area contributed by atoms with E-state index in [1.165, 1.54) is 17.4 Å². The van der Waals surface area contributed by atoms with Gasteiger partial charge in [-0.05, 0) is 66.6 Å². The first-order valence-electron chi connectivity index (χ1n) is 9.07. The number of carbonyl (C=O) groups excluding carboxylic acids is 1. The second kappa shape index (κ2) is 7.67. The number of rotatable bonds is 5. The number of fused-ring (bicyclic) bond motifs is 1. The first-order valence-corrected chi connectivity index (χ1v) is 10.9. The molecule has 6 nitrogen and oxygen atoms in total. The minimum Gasteiger partial charge on any atom is -0.460 e. The van der Waals surface area contributed by atoms with Crippen LogP contribution in [-0.2, 0) is 27.8 Å². The fourth-order valence-corrected chi connectivity index (χ4v) is 4.55. The molecular formula is C21H19ClN2O4S. The highest BCUT2D eigenvalue weighted by Gasteiger charge is 2.24. The van der Waals surface area contributed by atoms with Gasteiger partial charge in [-0.1, -0.05) is 11.6 Å². The Bertz CT molecular complexity index is 1170. The summed E-state index contributed by atoms with van der Waals surface area (Å²) in [5, 5.41) is 3.39. The minimum atomic E-state index is -3.70. The Kier molecular flexibility index (Phi) is 5.21. The van der Waals surface area contributed by atoms with Crippen LogP contribution in [0.15, 0.2) is 63.9 Å². The third-order valence-corrected chi connectivity index (χ3v) is 6.90. The largest absolute Gasteiger partial charge is 0.460 e. The number of nitrogens with one attached hydrogen (secondary N) is 1. The van der Waals surface area contributed by atoms with Crippen molar-refractivity contribution in [3.63, 3.8) is 0 Å². The minimum absolute atomic E-state index is 0.0560. The Hall–Kier alpha value is -2.61. The van der Waals surface area contributed by atoms with E-state index in [-0.39, 0.29) is 17.3 Å². The quantitative estimate of drug-likeness (QED) is 0.654. The molecule has 1 aliphatic rings. The van der Waals surface area contributed by atoms with Gasteiger partial charge >= 0.3 is 0 Å². The molecule has 2 heterocycles. The smallest absolute Gasteiger partial charge is 0.243 e. The van der Waals surface area contributed by atoms with Crippen molar-refractivity contribution in [2.24, 2.45) is 0 Å². The van der Waals surface area contributed by atoms with Crippen LogP contribution >= 0.6 is 11.6 Å². The molecule has 0 unspecified atom stereocenters. The van der Waals surface area contributed by atoms with Gasteiger partial charge in [-0.25, -0.2) is 8.42 Å². The zero-order valence-corrected chi connectivity index (χ0v) is 17.3. The molecule has 29 heavy (non-hydrogen) atoms. The molecule has 0 saturated carbocycles. The Morgan fingerprint density at radius 3 is 2.59 bits per heavy atom. The number of anilines is 1. The maximum atomic E-state index is 13.0. The number of aryl methyl sites for hydroxylation is 1. The first kappa shape index (κ1) is 19.7. The van der Waals surface area contributed by atoms with Crippen LogP contribution in [-0.4, -0.2) is 25.7 Å². The number of sulfonamides is 1. The second-order valence-electron chi connectivity index (χ2n) is 6.90. The SMILES string of the molecule is CN(Cc1ccc(-c2ccc(Cl)cc2)o1)S(=O)(=O)c1ccc2c(c1)CCC(=O)N2. The van der Waals surface area contributed by atoms with E-state index in [9.17, 15) is 13.2 Å². The highest BCUT2D eigenvalue weighted by Crippen LogP contribution is 2.28. The topological polar surface area (TPSA) is 79.6 Å². The Labute approximate surface area is 174 Å². The molecule has 3 aromatic rings. The lowest BCUT2D eigenvalue weighted by Crippen LogP contribution is -2.27. The van der Waals surface area contributed by atoms with Gasteiger partial charge in [-0.3, -0.25) is 4.79 Å². The number of hydrogen-bond donors (Lipinski definition) is 1. The van der Waals surface area contributed by atoms with Crippen molar-refractivity contribution in [1.29, 1.82) is 0 Å². The molecule has 0 bridgehead atoms. The highest BCUT2D eigenvalue weighted by molar-refractivity contribution is 7.89. The van der Waals surface area contributed by atoms with Crippen LogP contribution < -0.4 is 5.32 Å². The summed E-state index contributed by atoms with van der Waals surface area (Å²) in [7, 11) is -2.19. The number of nitrogens with zero attached hydrogens (tertiary/aromatic N) is 1. The van der Waals surface area contributed by atoms with Crippen LogP contribution in [0.4, 0.5) is 5.69 Å². The summed E-state index contributed by atoms with van der Waals surface area (Å²) >= 11 is 5.91. The molecule has 0 radical (unpaired) electrons. The lowest BCUT2D eigenvalue weighted by Gasteiger charge is -2.20. The molecule has 8 heteroatoms. The monoisotopic (exact) mass is 430 g/mol. The van der Waals surface area contributed by atoms with Crippen molar-refractivity contribution >= 4 is 33.2 Å². The van der Waals surface area contributed by atoms with E-state index in [0.29, 0.717) is 35.1 Å². The van der Waals surface area contributed by atoms with E-state index < -0.39 is 10.0 Å². The molecule has 0 saturated heterocycles. The highest BCUT2D eigenvalue weighted by atomic mass is 35.5. The predicted octanol–water partition coefficient (Wildman–Crippen LogP) is 4.31. The van der Waals surface area contributed by atoms with Crippen LogP contribution in [0.25, 0.3) is 11.3 Å². The van der Waals surface area contributed by atoms with E-state index >= 15 is 0 Å². The van der Waals surface area contributed by atoms with Gasteiger partial charge in [0.25, 0.3) is 0 Å². The maximum Gasteiger partial charge on any atom is 0.243 e. The van der Waals surface area contributed by atoms with Crippen molar-refractivity contribution in [3.8, 4) is 11.3 Å². The van der Waals surface area contributed by atoms with Crippen LogP contribution in [0, 0.1) is 0 Å². The predicted molar refractivity (Wildman–Crippen MR) is 111 cm³/mol. The van der Waals surface area contributed by atoms with Gasteiger partial charge < -0.3 is 9.73 Å². The average Bonchev–Trinajstić information content (AvgIpc) is 3.16. The average molecular weight is 431 g/mol. The summed E-state index contributed by atoms with van der Waals surface area (Å²) in [4.78, 5) is 11.7. The van der Waals surface area contributed by atoms with Crippen molar-refractivity contribution in [2.75, 3.05) is 12.4 Å². The van der Waals surface area contributed by atoms with Gasteiger partial charge in [0.1, 0.15) is 11.5 Å². The Morgan fingerprint density at radius 1 is 1.07 bits per heavy atom. The second-order valence-corrected chi connectivity index (χ2v) is 9.38. The van der Waals surface area contributed by atoms with Gasteiger partial charge in [0, 0.05) is 29.7 Å². The van der Waals surface area contributed by atoms with E-state index in [1.807, 2.05) is 12.1 Å². The summed E-state index contributed by atoms with van der Waals surface area (Å²) in [5.74, 6) is 1.12. The molecule has 0 fully saturated rings. The molecule has 150 valence electrons. The molecular weight excluding hydrogens is 412 g/mol. The van der Waals surface area contributed by atoms with Crippen LogP contribution in [0.3, 0.4) is 0 Å². The lowest BCUT2D eigenvalue weighted by atomic mass is 10.0. The maximum absolute atomic E-state index is 13.0. The van der Waals surface area contributed by atoms with Gasteiger partial charge in [-0.15, -0.1) is 0 Å². The first-order chi connectivity index (χ1) is 13.8. The van der Waals surface area contributed by atoms with E-state index in [4.69, 9.17) is 16.0 Å². The number of benzene rings is 2. The fraction of sp³-hybridized carbons (Fsp3) is 0.190. The molecule has 2 aromatic carbocycles. The molecule has 0 spiro atoms. The molecule has 0 aliphatic carbocycles. The van der Waals surface area contributed by atoms with Crippen molar-refractivity contribution in [1.82, 2.24) is 4.31 Å². The molecule has 4 rings (SSSR count). The van der Waals surface area contributed by atoms with Crippen LogP contribution in [0.5, 0.6) is 0 Å². The van der Waals surface area contributed by atoms with Gasteiger partial charge in [-0.2, -0.15) is 4.31 Å². The number of hydrogen-bond acceptors (Lipinski definition) is 4. The molecule has 1 N–H and O–H groups in total. The molecule has 1 amide bonds. The zero-order chi connectivity index (χ0) is 20.6. The summed E-state index contributed by atoms with van der Waals surface area (Å²) in [6.07, 6.45) is 0.878. The third kappa shape index (κ3) is 4.07. The van der Waals surface area contributed by atoms with E-state index in [0.717, 1.165) is 11.1 Å². The van der Waals surface area contributed by atoms with E-state index in [2.05, 4.69) is 5.32 Å². The normalized spacial score (nSPS) is 14.0. The van der Waals surface area contributed by atoms with Crippen LogP contribution in [0.1, 0.15) is 17.7 Å². The standard InChI is InChI=1S/C21H19ClN2O4S/c1-24(13-17-7-10-20(28-17)14-2-5-16(22)6-3-14)29(26,27)18-8-9-19-15(12-18)4-11-21(25)23-19/h2-3,5-10,12H,4,11,13H2,1H3,(H,23,25). The van der Waals surface area contributed by atoms with E-state index in [1.54, 1.807) is 36.4 Å². The van der Waals surface area contributed by atoms with Crippen molar-refractivity contribution in [3.05, 3.63) is 70.9 Å². The van der Waals surface area contributed by atoms with Gasteiger partial charge in [0.15, 0.2) is 0 Å². The van der Waals surface area contributed by atoms with Gasteiger partial charge in [0.05, 0.1) is 11.4 Å². The van der Waals surface area contributed by atoms with Crippen molar-refractivity contribution in [2.45, 2.75) is 24.3 Å². The number of furan rings is 1. The summed E-state index contributed by atoms with van der Waals surface area (Å²) in [5.41, 5.74) is 2.35. The fourth-order valence-electron chi connectivity index (χ4n) is 3.24. The summed E-state index contributed by atoms with van der Waals surface area (Å²) in [6.45, 7) is 0.101. The number of halogens is 1. The Balaban J connectivity index is 1.53. The molecule has 0 atom stereocenters. The third-order valence-electron chi connectivity index (χ3n) is 4.85. The number of amides is 1. The summed E-state index contributed by atoms with van der Waals surface area (Å²) in [6, 6.07) is 15.6. The molecule has 1 aromatic heterocycles. The van der Waals surface area contributed by atoms with Crippen LogP contribution in [0.2, 0.25) is 5.02 Å². The zero-order valence-electron chi connectivity index (χ0n) is 15.7. The molecule has 1 aliphatic heterocycles. The Morgan fingerprint density at radius 2 is 1.83 bits per heavy atom. The summed E-state index contributed by atoms with van der Waals surface area (Å²) < 4.78 is 33.0. The number of carbonyl (C=O) groups is 1. The van der Waals surface area contributed by atoms with Crippen molar-refractivity contribution < 1.29 is 17.6 Å².